The van der Waals surface area contributed by atoms with Crippen molar-refractivity contribution in [2.75, 3.05) is 0 Å². The molecule has 0 aromatic heterocycles. The Balaban J connectivity index is -0.0000000867. The molecule has 564 valence electrons. The first-order valence-electron chi connectivity index (χ1n) is 32.2. The minimum Gasteiger partial charge on any atom is -0.427 e. The molecule has 30 nitrogen and oxygen atoms in total. The highest BCUT2D eigenvalue weighted by molar-refractivity contribution is 6.45. The van der Waals surface area contributed by atoms with Gasteiger partial charge in [-0.1, -0.05) is 83.1 Å². The molecule has 0 rings (SSSR count). The van der Waals surface area contributed by atoms with Gasteiger partial charge < -0.3 is 121 Å². The Morgan fingerprint density at radius 2 is 0.304 bits per heavy atom. The topological polar surface area (TPSA) is 628 Å². The molecule has 0 aromatic carbocycles. The Morgan fingerprint density at radius 1 is 0.196 bits per heavy atom. The van der Waals surface area contributed by atoms with Crippen molar-refractivity contribution in [2.45, 2.75) is 233 Å². The van der Waals surface area contributed by atoms with Crippen molar-refractivity contribution >= 4 is 85.4 Å². The Labute approximate surface area is 613 Å². The van der Waals surface area contributed by atoms with Gasteiger partial charge in [0.2, 0.25) is 0 Å². The maximum Gasteiger partial charge on any atom is 0.455 e. The van der Waals surface area contributed by atoms with Gasteiger partial charge >= 0.3 is 85.4 Å². The van der Waals surface area contributed by atoms with Gasteiger partial charge in [0, 0.05) is 112 Å². The number of terminal acetylenes is 6. The van der Waals surface area contributed by atoms with Crippen LogP contribution in [0.1, 0.15) is 160 Å². The molecule has 4 unspecified atom stereocenters. The summed E-state index contributed by atoms with van der Waals surface area (Å²) >= 11 is 0. The predicted molar refractivity (Wildman–Crippen MR) is 405 cm³/mol. The molecule has 12 atom stereocenters. The number of rotatable bonds is 30. The number of hydrogen-bond acceptors (Lipinski definition) is 30. The summed E-state index contributed by atoms with van der Waals surface area (Å²) in [4.78, 5) is 0. The summed E-state index contributed by atoms with van der Waals surface area (Å²) in [6.07, 6.45) is 36.4. The standard InChI is InChI=1S/3C6H11BO2.3C5H10BNO2.3C5H9BO2.3C4H8BNO2/c3*1-3-4-6(2)5-7(8)9;3*1-5(2-3-7)4-6(8)9;3*1-3-4-5(2)6(7)8;3*1-4(2-3-6)5(7)8/h3*1,6,8-9H,4-5H2,2H3;3*5,8-9H,2,4H2,1H3;3*1,5,7-8H,4H2,2H3;3*4,7-8H,2H2,1H3/t2*6-;;2*5-;;2*5-;;2*4-;/m10.10.10.10./s1. The van der Waals surface area contributed by atoms with Gasteiger partial charge in [0.1, 0.15) is 0 Å². The maximum absolute atomic E-state index is 8.44. The minimum absolute atomic E-state index is 0.0787. The van der Waals surface area contributed by atoms with E-state index in [0.29, 0.717) is 76.7 Å². The van der Waals surface area contributed by atoms with Crippen molar-refractivity contribution in [2.24, 2.45) is 35.5 Å². The molecule has 24 N–H and O–H groups in total. The number of nitriles is 6. The van der Waals surface area contributed by atoms with Crippen LogP contribution in [-0.2, 0) is 0 Å². The molecule has 0 fully saturated rings. The van der Waals surface area contributed by atoms with E-state index in [0.717, 1.165) is 0 Å². The van der Waals surface area contributed by atoms with Crippen molar-refractivity contribution in [1.29, 1.82) is 31.6 Å². The zero-order chi connectivity index (χ0) is 83.1. The normalized spacial score (nSPS) is 12.2. The van der Waals surface area contributed by atoms with Crippen LogP contribution < -0.4 is 0 Å². The molecule has 0 aromatic rings. The quantitative estimate of drug-likeness (QED) is 0.0312. The first-order valence-corrected chi connectivity index (χ1v) is 32.2. The van der Waals surface area contributed by atoms with Crippen LogP contribution in [0.5, 0.6) is 0 Å². The SMILES string of the molecule is C#CCC(C)B(O)O.C#CCC(C)CB(O)O.C#CC[C@@H](C)B(O)O.C#CC[C@@H](C)CB(O)O.C#CC[C@H](C)B(O)O.C#CC[C@H](C)CB(O)O.CC(CC#N)B(O)O.CC(CC#N)CB(O)O.C[C@@H](CC#N)B(O)O.C[C@@H](CC#N)CB(O)O.C[C@H](CC#N)B(O)O.C[C@H](CC#N)CB(O)O. The van der Waals surface area contributed by atoms with Crippen LogP contribution in [0, 0.1) is 178 Å². The van der Waals surface area contributed by atoms with E-state index in [9.17, 15) is 0 Å². The second-order valence-corrected chi connectivity index (χ2v) is 23.9. The molecular formula is C60H114B12N6O24. The summed E-state index contributed by atoms with van der Waals surface area (Å²) in [6, 6.07) is 11.3. The third-order valence-corrected chi connectivity index (χ3v) is 12.0. The van der Waals surface area contributed by atoms with E-state index in [1.54, 1.807) is 41.5 Å². The lowest BCUT2D eigenvalue weighted by molar-refractivity contribution is 0.388. The summed E-state index contributed by atoms with van der Waals surface area (Å²) in [6.45, 7) is 21.0. The Kier molecular flexibility index (Phi) is 110. The van der Waals surface area contributed by atoms with Gasteiger partial charge in [-0.3, -0.25) is 0 Å². The highest BCUT2D eigenvalue weighted by Crippen LogP contribution is 2.14. The van der Waals surface area contributed by atoms with Gasteiger partial charge in [0.05, 0.1) is 36.4 Å². The molecule has 0 aliphatic rings. The second-order valence-electron chi connectivity index (χ2n) is 23.9. The van der Waals surface area contributed by atoms with Crippen molar-refractivity contribution in [3.63, 3.8) is 0 Å². The van der Waals surface area contributed by atoms with Gasteiger partial charge in [0.15, 0.2) is 0 Å². The van der Waals surface area contributed by atoms with Gasteiger partial charge in [-0.2, -0.15) is 31.6 Å². The van der Waals surface area contributed by atoms with Crippen LogP contribution in [-0.4, -0.2) is 206 Å². The highest BCUT2D eigenvalue weighted by Gasteiger charge is 2.21. The van der Waals surface area contributed by atoms with Gasteiger partial charge in [-0.05, 0) is 73.4 Å². The van der Waals surface area contributed by atoms with Crippen molar-refractivity contribution in [1.82, 2.24) is 0 Å². The van der Waals surface area contributed by atoms with E-state index in [1.807, 2.05) is 78.0 Å². The zero-order valence-electron chi connectivity index (χ0n) is 61.5. The van der Waals surface area contributed by atoms with Crippen LogP contribution in [0.15, 0.2) is 0 Å². The largest absolute Gasteiger partial charge is 0.455 e. The molecule has 0 radical (unpaired) electrons. The summed E-state index contributed by atoms with van der Waals surface area (Å²) in [7, 11) is -15.3. The fraction of sp³-hybridized carbons (Fsp3) is 0.700. The van der Waals surface area contributed by atoms with E-state index in [2.05, 4.69) is 35.5 Å². The molecule has 0 aliphatic heterocycles. The number of hydrogen-bond donors (Lipinski definition) is 24. The summed E-state index contributed by atoms with van der Waals surface area (Å²) in [5, 5.41) is 250. The molecular weight excluding hydrogens is 1320 g/mol. The third-order valence-electron chi connectivity index (χ3n) is 12.0. The fourth-order valence-corrected chi connectivity index (χ4v) is 5.35. The van der Waals surface area contributed by atoms with Crippen molar-refractivity contribution in [3.05, 3.63) is 0 Å². The lowest BCUT2D eigenvalue weighted by atomic mass is 9.72. The monoisotopic (exact) mass is 1430 g/mol. The second kappa shape index (κ2) is 91.2. The first-order chi connectivity index (χ1) is 47.1. The van der Waals surface area contributed by atoms with E-state index >= 15 is 0 Å². The van der Waals surface area contributed by atoms with E-state index in [4.69, 9.17) is 191 Å². The summed E-state index contributed by atoms with van der Waals surface area (Å²) in [5.74, 6) is 13.6. The fourth-order valence-electron chi connectivity index (χ4n) is 5.35. The van der Waals surface area contributed by atoms with E-state index in [-0.39, 0.29) is 109 Å². The zero-order valence-corrected chi connectivity index (χ0v) is 61.5. The predicted octanol–water partition coefficient (Wildman–Crippen LogP) is -0.711. The highest BCUT2D eigenvalue weighted by atomic mass is 16.4. The summed E-state index contributed by atoms with van der Waals surface area (Å²) in [5.41, 5.74) is 0. The van der Waals surface area contributed by atoms with Crippen LogP contribution in [0.25, 0.3) is 0 Å². The first kappa shape index (κ1) is 123. The van der Waals surface area contributed by atoms with Crippen LogP contribution >= 0.6 is 0 Å². The van der Waals surface area contributed by atoms with E-state index < -0.39 is 85.4 Å². The smallest absolute Gasteiger partial charge is 0.427 e. The molecule has 102 heavy (non-hydrogen) atoms. The number of nitrogens with zero attached hydrogens (tertiary/aromatic N) is 6. The molecule has 0 bridgehead atoms. The Hall–Kier alpha value is -5.88. The molecule has 0 heterocycles. The molecule has 42 heteroatoms. The van der Waals surface area contributed by atoms with Crippen LogP contribution in [0.4, 0.5) is 0 Å². The van der Waals surface area contributed by atoms with Crippen molar-refractivity contribution in [3.8, 4) is 110 Å². The van der Waals surface area contributed by atoms with Crippen LogP contribution in [0.2, 0.25) is 72.8 Å². The Morgan fingerprint density at radius 3 is 0.373 bits per heavy atom. The summed E-state index contributed by atoms with van der Waals surface area (Å²) < 4.78 is 0. The molecule has 0 aliphatic carbocycles. The van der Waals surface area contributed by atoms with E-state index in [1.165, 1.54) is 0 Å². The van der Waals surface area contributed by atoms with Crippen LogP contribution in [0.3, 0.4) is 0 Å². The molecule has 0 amide bonds. The molecule has 0 saturated heterocycles. The molecule has 0 saturated carbocycles. The minimum atomic E-state index is -1.35. The maximum atomic E-state index is 8.44. The lowest BCUT2D eigenvalue weighted by Gasteiger charge is -2.04. The molecule has 0 spiro atoms. The van der Waals surface area contributed by atoms with Gasteiger partial charge in [-0.25, -0.2) is 0 Å². The Bertz CT molecular complexity index is 1980. The third kappa shape index (κ3) is 134. The lowest BCUT2D eigenvalue weighted by Crippen LogP contribution is -2.16. The van der Waals surface area contributed by atoms with Crippen molar-refractivity contribution < 1.29 is 121 Å². The van der Waals surface area contributed by atoms with Gasteiger partial charge in [-0.15, -0.1) is 74.1 Å². The average molecular weight is 1430 g/mol. The average Bonchev–Trinajstić information content (AvgIpc) is 2.14. The van der Waals surface area contributed by atoms with Gasteiger partial charge in [0.25, 0.3) is 0 Å².